The number of amides is 3. The van der Waals surface area contributed by atoms with Crippen LogP contribution in [-0.4, -0.2) is 78.5 Å². The Bertz CT molecular complexity index is 2480. The molecule has 58 heavy (non-hydrogen) atoms. The standard InChI is InChI=1S/C42H45F4N7O5/c1-50-34-19-24(5-9-32(34)53(41(50)58)33-10-11-35(54)48-40(33)57)12-15-51-16-13-42(46,14-17-51)21-26-2-6-27-23-52(49-31(27)18-26)28-7-3-25(4-8-28)22-47-39(56)29-20-30(43)38(55)37(45)36(29)44/h2,5-6,9,18-20,23,25,28,33,55H,3-4,7-8,10-17,21-22H2,1H3,(H,47,56)(H,48,54,57)/t25?,28?,33-/m1/s1. The number of piperidine rings is 2. The lowest BCUT2D eigenvalue weighted by molar-refractivity contribution is -0.135. The van der Waals surface area contributed by atoms with E-state index in [4.69, 9.17) is 5.10 Å². The lowest BCUT2D eigenvalue weighted by Crippen LogP contribution is -2.44. The SMILES string of the molecule is Cn1c(=O)n([C@@H]2CCC(=O)NC2=O)c2ccc(CCN3CCC(F)(Cc4ccc5cn(C6CCC(CNC(=O)c7cc(F)c(O)c(F)c7F)CC6)nc5c4)CC3)cc21. The van der Waals surface area contributed by atoms with Gasteiger partial charge in [-0.3, -0.25) is 33.5 Å². The largest absolute Gasteiger partial charge is 0.503 e. The molecule has 3 amide bonds. The summed E-state index contributed by atoms with van der Waals surface area (Å²) in [5.41, 5.74) is 1.64. The van der Waals surface area contributed by atoms with Crippen LogP contribution in [-0.2, 0) is 29.5 Å². The van der Waals surface area contributed by atoms with E-state index in [9.17, 15) is 37.5 Å². The van der Waals surface area contributed by atoms with Gasteiger partial charge in [-0.2, -0.15) is 9.49 Å². The average molecular weight is 804 g/mol. The predicted molar refractivity (Wildman–Crippen MR) is 207 cm³/mol. The van der Waals surface area contributed by atoms with Crippen molar-refractivity contribution in [1.29, 1.82) is 0 Å². The van der Waals surface area contributed by atoms with Gasteiger partial charge in [-0.25, -0.2) is 18.0 Å². The molecular formula is C42H45F4N7O5. The molecule has 0 unspecified atom stereocenters. The van der Waals surface area contributed by atoms with Crippen molar-refractivity contribution >= 4 is 39.7 Å². The first-order valence-electron chi connectivity index (χ1n) is 19.8. The fourth-order valence-corrected chi connectivity index (χ4v) is 8.88. The number of hydrogen-bond acceptors (Lipinski definition) is 7. The summed E-state index contributed by atoms with van der Waals surface area (Å²) in [6.07, 6.45) is 7.37. The second-order valence-corrected chi connectivity index (χ2v) is 16.2. The number of carbonyl (C=O) groups excluding carboxylic acids is 3. The highest BCUT2D eigenvalue weighted by molar-refractivity contribution is 6.00. The molecule has 4 heterocycles. The summed E-state index contributed by atoms with van der Waals surface area (Å²) in [4.78, 5) is 52.0. The number of carbonyl (C=O) groups is 3. The van der Waals surface area contributed by atoms with Crippen LogP contribution in [0, 0.1) is 23.4 Å². The quantitative estimate of drug-likeness (QED) is 0.0957. The number of aryl methyl sites for hydroxylation is 1. The van der Waals surface area contributed by atoms with E-state index in [0.717, 1.165) is 60.7 Å². The number of benzene rings is 3. The van der Waals surface area contributed by atoms with Crippen molar-refractivity contribution in [2.24, 2.45) is 13.0 Å². The molecule has 3 N–H and O–H groups in total. The Morgan fingerprint density at radius 2 is 1.69 bits per heavy atom. The van der Waals surface area contributed by atoms with Gasteiger partial charge in [0, 0.05) is 57.7 Å². The van der Waals surface area contributed by atoms with Gasteiger partial charge in [0.25, 0.3) is 5.91 Å². The fourth-order valence-electron chi connectivity index (χ4n) is 8.88. The Morgan fingerprint density at radius 3 is 2.43 bits per heavy atom. The number of fused-ring (bicyclic) bond motifs is 2. The van der Waals surface area contributed by atoms with Crippen molar-refractivity contribution in [3.63, 3.8) is 0 Å². The van der Waals surface area contributed by atoms with Crippen LogP contribution in [0.1, 0.15) is 84.9 Å². The van der Waals surface area contributed by atoms with E-state index in [1.807, 2.05) is 47.3 Å². The molecule has 2 saturated heterocycles. The molecule has 1 aliphatic carbocycles. The first-order valence-corrected chi connectivity index (χ1v) is 19.8. The summed E-state index contributed by atoms with van der Waals surface area (Å²) >= 11 is 0. The number of nitrogens with zero attached hydrogens (tertiary/aromatic N) is 5. The Morgan fingerprint density at radius 1 is 0.948 bits per heavy atom. The molecule has 12 nitrogen and oxygen atoms in total. The summed E-state index contributed by atoms with van der Waals surface area (Å²) < 4.78 is 62.8. The van der Waals surface area contributed by atoms with E-state index in [1.54, 1.807) is 7.05 Å². The minimum atomic E-state index is -1.80. The van der Waals surface area contributed by atoms with Crippen molar-refractivity contribution in [3.8, 4) is 5.75 Å². The van der Waals surface area contributed by atoms with Gasteiger partial charge in [0.15, 0.2) is 17.4 Å². The molecular weight excluding hydrogens is 758 g/mol. The molecule has 16 heteroatoms. The Kier molecular flexibility index (Phi) is 10.6. The van der Waals surface area contributed by atoms with Crippen LogP contribution in [0.3, 0.4) is 0 Å². The molecule has 3 aromatic carbocycles. The minimum absolute atomic E-state index is 0.0896. The highest BCUT2D eigenvalue weighted by Crippen LogP contribution is 2.35. The molecule has 0 bridgehead atoms. The van der Waals surface area contributed by atoms with Crippen molar-refractivity contribution in [2.75, 3.05) is 26.2 Å². The number of nitrogens with one attached hydrogen (secondary N) is 2. The number of halogens is 4. The molecule has 1 atom stereocenters. The van der Waals surface area contributed by atoms with Gasteiger partial charge in [0.05, 0.1) is 28.2 Å². The number of likely N-dealkylation sites (tertiary alicyclic amines) is 1. The highest BCUT2D eigenvalue weighted by Gasteiger charge is 2.35. The zero-order valence-electron chi connectivity index (χ0n) is 32.1. The van der Waals surface area contributed by atoms with E-state index in [1.165, 1.54) is 9.13 Å². The Labute approximate surface area is 330 Å². The van der Waals surface area contributed by atoms with Crippen LogP contribution in [0.4, 0.5) is 17.6 Å². The molecule has 0 radical (unpaired) electrons. The van der Waals surface area contributed by atoms with Gasteiger partial charge in [0.1, 0.15) is 11.7 Å². The normalized spacial score (nSPS) is 21.4. The lowest BCUT2D eigenvalue weighted by Gasteiger charge is -2.36. The number of aromatic hydroxyl groups is 1. The molecule has 5 aromatic rings. The molecule has 306 valence electrons. The summed E-state index contributed by atoms with van der Waals surface area (Å²) in [7, 11) is 1.68. The van der Waals surface area contributed by atoms with E-state index in [-0.39, 0.29) is 42.9 Å². The van der Waals surface area contributed by atoms with Crippen LogP contribution in [0.15, 0.2) is 53.5 Å². The number of hydrogen-bond donors (Lipinski definition) is 3. The monoisotopic (exact) mass is 803 g/mol. The smallest absolute Gasteiger partial charge is 0.329 e. The number of phenolic OH excluding ortho intramolecular Hbond substituents is 1. The zero-order chi connectivity index (χ0) is 40.9. The maximum atomic E-state index is 16.2. The van der Waals surface area contributed by atoms with Gasteiger partial charge in [-0.05, 0) is 92.7 Å². The second-order valence-electron chi connectivity index (χ2n) is 16.2. The molecule has 2 aliphatic heterocycles. The number of imidazole rings is 1. The third kappa shape index (κ3) is 7.73. The topological polar surface area (TPSA) is 143 Å². The molecule has 1 saturated carbocycles. The third-order valence-corrected chi connectivity index (χ3v) is 12.4. The van der Waals surface area contributed by atoms with Crippen molar-refractivity contribution in [2.45, 2.75) is 82.0 Å². The second kappa shape index (κ2) is 15.7. The van der Waals surface area contributed by atoms with Crippen molar-refractivity contribution in [3.05, 3.63) is 93.3 Å². The molecule has 3 fully saturated rings. The fraction of sp³-hybridized carbons (Fsp3) is 0.452. The minimum Gasteiger partial charge on any atom is -0.503 e. The van der Waals surface area contributed by atoms with Crippen molar-refractivity contribution in [1.82, 2.24) is 34.4 Å². The number of rotatable bonds is 10. The number of imide groups is 1. The van der Waals surface area contributed by atoms with Gasteiger partial charge < -0.3 is 15.3 Å². The van der Waals surface area contributed by atoms with Crippen LogP contribution in [0.5, 0.6) is 5.75 Å². The number of alkyl halides is 1. The van der Waals surface area contributed by atoms with Crippen LogP contribution < -0.4 is 16.3 Å². The van der Waals surface area contributed by atoms with E-state index >= 15 is 4.39 Å². The molecule has 3 aliphatic rings. The summed E-state index contributed by atoms with van der Waals surface area (Å²) in [5, 5.41) is 19.9. The Balaban J connectivity index is 0.816. The lowest BCUT2D eigenvalue weighted by atomic mass is 9.86. The van der Waals surface area contributed by atoms with Gasteiger partial charge in [-0.1, -0.05) is 18.2 Å². The first kappa shape index (κ1) is 39.3. The highest BCUT2D eigenvalue weighted by atomic mass is 19.2. The first-order chi connectivity index (χ1) is 27.8. The van der Waals surface area contributed by atoms with Gasteiger partial charge in [-0.15, -0.1) is 0 Å². The van der Waals surface area contributed by atoms with Gasteiger partial charge in [0.2, 0.25) is 17.6 Å². The zero-order valence-corrected chi connectivity index (χ0v) is 32.1. The predicted octanol–water partition coefficient (Wildman–Crippen LogP) is 5.54. The molecule has 2 aromatic heterocycles. The van der Waals surface area contributed by atoms with E-state index in [0.29, 0.717) is 49.5 Å². The summed E-state index contributed by atoms with van der Waals surface area (Å²) in [6, 6.07) is 11.6. The van der Waals surface area contributed by atoms with Crippen molar-refractivity contribution < 1.29 is 37.1 Å². The maximum Gasteiger partial charge on any atom is 0.329 e. The summed E-state index contributed by atoms with van der Waals surface area (Å²) in [5.74, 6) is -7.92. The van der Waals surface area contributed by atoms with Gasteiger partial charge >= 0.3 is 5.69 Å². The van der Waals surface area contributed by atoms with Crippen LogP contribution in [0.2, 0.25) is 0 Å². The number of aromatic nitrogens is 4. The average Bonchev–Trinajstić information content (AvgIpc) is 3.74. The Hall–Kier alpha value is -5.51. The van der Waals surface area contributed by atoms with E-state index < -0.39 is 52.3 Å². The number of phenols is 1. The van der Waals surface area contributed by atoms with Crippen LogP contribution in [0.25, 0.3) is 21.9 Å². The third-order valence-electron chi connectivity index (χ3n) is 12.4. The van der Waals surface area contributed by atoms with E-state index in [2.05, 4.69) is 15.5 Å². The summed E-state index contributed by atoms with van der Waals surface area (Å²) in [6.45, 7) is 2.20. The maximum absolute atomic E-state index is 16.2. The van der Waals surface area contributed by atoms with Crippen LogP contribution >= 0.6 is 0 Å². The molecule has 8 rings (SSSR count). The molecule has 0 spiro atoms.